The van der Waals surface area contributed by atoms with Crippen molar-refractivity contribution in [3.8, 4) is 0 Å². The Bertz CT molecular complexity index is 928. The largest absolute Gasteiger partial charge is 0.291 e. The quantitative estimate of drug-likeness (QED) is 0.332. The molecule has 0 unspecified atom stereocenters. The third kappa shape index (κ3) is 4.42. The summed E-state index contributed by atoms with van der Waals surface area (Å²) in [5.41, 5.74) is 3.71. The van der Waals surface area contributed by atoms with E-state index in [1.54, 1.807) is 48.5 Å². The van der Waals surface area contributed by atoms with Crippen LogP contribution in [0, 0.1) is 13.8 Å². The first-order valence-electron chi connectivity index (χ1n) is 8.73. The lowest BCUT2D eigenvalue weighted by Crippen LogP contribution is -2.28. The van der Waals surface area contributed by atoms with E-state index in [0.29, 0.717) is 16.8 Å². The number of rotatable bonds is 6. The predicted molar refractivity (Wildman–Crippen MR) is 106 cm³/mol. The second-order valence-corrected chi connectivity index (χ2v) is 6.35. The number of aryl methyl sites for hydroxylation is 2. The van der Waals surface area contributed by atoms with Gasteiger partial charge in [0.25, 0.3) is 0 Å². The van der Waals surface area contributed by atoms with E-state index in [1.165, 1.54) is 0 Å². The first-order chi connectivity index (χ1) is 13.1. The van der Waals surface area contributed by atoms with Crippen LogP contribution in [0.3, 0.4) is 0 Å². The fraction of sp³-hybridized carbons (Fsp3) is 0.130. The van der Waals surface area contributed by atoms with E-state index in [4.69, 9.17) is 0 Å². The molecule has 0 aromatic heterocycles. The number of Topliss-reactive ketones (excluding diaryl/α,β-unsaturated/α-hetero) is 2. The molecule has 4 heteroatoms. The van der Waals surface area contributed by atoms with Crippen LogP contribution in [0.2, 0.25) is 0 Å². The fourth-order valence-electron chi connectivity index (χ4n) is 2.66. The van der Waals surface area contributed by atoms with Gasteiger partial charge in [-0.3, -0.25) is 9.59 Å². The molecular weight excluding hydrogens is 336 g/mol. The Balaban J connectivity index is 1.96. The van der Waals surface area contributed by atoms with Crippen LogP contribution in [0.4, 0.5) is 5.69 Å². The lowest BCUT2D eigenvalue weighted by atomic mass is 9.97. The average molecular weight is 356 g/mol. The summed E-state index contributed by atoms with van der Waals surface area (Å²) in [6.45, 7) is 3.99. The molecule has 3 aromatic carbocycles. The third-order valence-electron chi connectivity index (χ3n) is 4.39. The Morgan fingerprint density at radius 2 is 1.22 bits per heavy atom. The molecular formula is C23H20N2O2. The summed E-state index contributed by atoms with van der Waals surface area (Å²) >= 11 is 0. The zero-order valence-electron chi connectivity index (χ0n) is 15.3. The Morgan fingerprint density at radius 3 is 1.70 bits per heavy atom. The Kier molecular flexibility index (Phi) is 5.67. The van der Waals surface area contributed by atoms with Crippen LogP contribution < -0.4 is 0 Å². The van der Waals surface area contributed by atoms with Crippen LogP contribution in [-0.2, 0) is 0 Å². The fourth-order valence-corrected chi connectivity index (χ4v) is 2.66. The van der Waals surface area contributed by atoms with Crippen LogP contribution in [-0.4, -0.2) is 17.6 Å². The molecule has 3 aromatic rings. The summed E-state index contributed by atoms with van der Waals surface area (Å²) in [5.74, 6) is -0.728. The number of benzene rings is 3. The van der Waals surface area contributed by atoms with Gasteiger partial charge in [-0.1, -0.05) is 66.7 Å². The summed E-state index contributed by atoms with van der Waals surface area (Å²) in [6, 6.07) is 21.8. The topological polar surface area (TPSA) is 58.9 Å². The maximum atomic E-state index is 12.9. The number of carbonyl (C=O) groups excluding carboxylic acids is 2. The summed E-state index contributed by atoms with van der Waals surface area (Å²) in [6.07, 6.45) is 0. The van der Waals surface area contributed by atoms with Crippen molar-refractivity contribution in [1.82, 2.24) is 0 Å². The highest BCUT2D eigenvalue weighted by Gasteiger charge is 2.28. The van der Waals surface area contributed by atoms with Gasteiger partial charge in [0.05, 0.1) is 5.69 Å². The van der Waals surface area contributed by atoms with E-state index in [0.717, 1.165) is 11.1 Å². The highest BCUT2D eigenvalue weighted by Crippen LogP contribution is 2.20. The molecule has 0 fully saturated rings. The highest BCUT2D eigenvalue weighted by atomic mass is 16.2. The van der Waals surface area contributed by atoms with Crippen LogP contribution >= 0.6 is 0 Å². The lowest BCUT2D eigenvalue weighted by molar-refractivity contribution is 0.0861. The van der Waals surface area contributed by atoms with E-state index in [2.05, 4.69) is 10.2 Å². The van der Waals surface area contributed by atoms with Crippen molar-refractivity contribution in [2.75, 3.05) is 0 Å². The third-order valence-corrected chi connectivity index (χ3v) is 4.39. The minimum absolute atomic E-state index is 0.364. The van der Waals surface area contributed by atoms with Gasteiger partial charge in [0.2, 0.25) is 0 Å². The van der Waals surface area contributed by atoms with Gasteiger partial charge in [0, 0.05) is 11.1 Å². The summed E-state index contributed by atoms with van der Waals surface area (Å²) in [7, 11) is 0. The first-order valence-corrected chi connectivity index (χ1v) is 8.73. The zero-order valence-corrected chi connectivity index (χ0v) is 15.3. The maximum absolute atomic E-state index is 12.9. The molecule has 4 nitrogen and oxygen atoms in total. The smallest absolute Gasteiger partial charge is 0.197 e. The van der Waals surface area contributed by atoms with Gasteiger partial charge in [0.15, 0.2) is 17.6 Å². The molecule has 0 saturated heterocycles. The van der Waals surface area contributed by atoms with Gasteiger partial charge < -0.3 is 0 Å². The van der Waals surface area contributed by atoms with E-state index in [1.807, 2.05) is 44.2 Å². The Labute approximate surface area is 158 Å². The average Bonchev–Trinajstić information content (AvgIpc) is 2.71. The number of azo groups is 1. The molecule has 0 spiro atoms. The molecule has 134 valence electrons. The zero-order chi connectivity index (χ0) is 19.2. The second-order valence-electron chi connectivity index (χ2n) is 6.35. The SMILES string of the molecule is Cc1ccc(N=NC(C(=O)c2ccccc2)C(=O)c2ccccc2)cc1C. The molecule has 0 amide bonds. The Morgan fingerprint density at radius 1 is 0.704 bits per heavy atom. The maximum Gasteiger partial charge on any atom is 0.197 e. The first kappa shape index (κ1) is 18.4. The number of ketones is 2. The molecule has 0 aliphatic rings. The monoisotopic (exact) mass is 356 g/mol. The van der Waals surface area contributed by atoms with Gasteiger partial charge in [-0.2, -0.15) is 10.2 Å². The molecule has 0 atom stereocenters. The van der Waals surface area contributed by atoms with E-state index < -0.39 is 6.04 Å². The molecule has 0 bridgehead atoms. The molecule has 27 heavy (non-hydrogen) atoms. The van der Waals surface area contributed by atoms with Crippen LogP contribution in [0.25, 0.3) is 0 Å². The van der Waals surface area contributed by atoms with Gasteiger partial charge in [0.1, 0.15) is 0 Å². The molecule has 0 aliphatic carbocycles. The lowest BCUT2D eigenvalue weighted by Gasteiger charge is -2.10. The van der Waals surface area contributed by atoms with Crippen molar-refractivity contribution in [2.24, 2.45) is 10.2 Å². The van der Waals surface area contributed by atoms with Crippen molar-refractivity contribution in [2.45, 2.75) is 19.9 Å². The Hall–Kier alpha value is -3.40. The predicted octanol–water partition coefficient (Wildman–Crippen LogP) is 5.52. The number of hydrogen-bond acceptors (Lipinski definition) is 4. The molecule has 0 N–H and O–H groups in total. The van der Waals surface area contributed by atoms with Crippen LogP contribution in [0.1, 0.15) is 31.8 Å². The van der Waals surface area contributed by atoms with Crippen molar-refractivity contribution in [3.63, 3.8) is 0 Å². The normalized spacial score (nSPS) is 11.1. The standard InChI is InChI=1S/C23H20N2O2/c1-16-13-14-20(15-17(16)2)24-25-21(22(26)18-9-5-3-6-10-18)23(27)19-11-7-4-8-12-19/h3-15,21H,1-2H3. The molecule has 3 rings (SSSR count). The van der Waals surface area contributed by atoms with E-state index >= 15 is 0 Å². The van der Waals surface area contributed by atoms with E-state index in [9.17, 15) is 9.59 Å². The molecule has 0 radical (unpaired) electrons. The molecule has 0 aliphatic heterocycles. The molecule has 0 heterocycles. The molecule has 0 saturated carbocycles. The minimum atomic E-state index is -1.21. The minimum Gasteiger partial charge on any atom is -0.291 e. The second kappa shape index (κ2) is 8.32. The summed E-state index contributed by atoms with van der Waals surface area (Å²) in [4.78, 5) is 25.9. The summed E-state index contributed by atoms with van der Waals surface area (Å²) in [5, 5.41) is 8.33. The van der Waals surface area contributed by atoms with Crippen molar-refractivity contribution in [1.29, 1.82) is 0 Å². The number of carbonyl (C=O) groups is 2. The number of hydrogen-bond donors (Lipinski definition) is 0. The van der Waals surface area contributed by atoms with Crippen LogP contribution in [0.15, 0.2) is 89.1 Å². The van der Waals surface area contributed by atoms with Gasteiger partial charge in [-0.15, -0.1) is 0 Å². The van der Waals surface area contributed by atoms with Gasteiger partial charge >= 0.3 is 0 Å². The van der Waals surface area contributed by atoms with Crippen molar-refractivity contribution >= 4 is 17.3 Å². The van der Waals surface area contributed by atoms with Crippen LogP contribution in [0.5, 0.6) is 0 Å². The number of nitrogens with zero attached hydrogens (tertiary/aromatic N) is 2. The van der Waals surface area contributed by atoms with Crippen molar-refractivity contribution in [3.05, 3.63) is 101 Å². The van der Waals surface area contributed by atoms with Crippen molar-refractivity contribution < 1.29 is 9.59 Å². The van der Waals surface area contributed by atoms with Gasteiger partial charge in [-0.05, 0) is 37.1 Å². The van der Waals surface area contributed by atoms with E-state index in [-0.39, 0.29) is 11.6 Å². The highest BCUT2D eigenvalue weighted by molar-refractivity contribution is 6.19. The summed E-state index contributed by atoms with van der Waals surface area (Å²) < 4.78 is 0. The van der Waals surface area contributed by atoms with Gasteiger partial charge in [-0.25, -0.2) is 0 Å².